The van der Waals surface area contributed by atoms with E-state index in [2.05, 4.69) is 20.5 Å². The first kappa shape index (κ1) is 20.8. The summed E-state index contributed by atoms with van der Waals surface area (Å²) in [5.41, 5.74) is 11.2. The molecule has 174 valence electrons. The summed E-state index contributed by atoms with van der Waals surface area (Å²) in [6, 6.07) is 8.72. The van der Waals surface area contributed by atoms with Crippen molar-refractivity contribution in [3.05, 3.63) is 65.4 Å². The van der Waals surface area contributed by atoms with E-state index in [4.69, 9.17) is 10.5 Å². The van der Waals surface area contributed by atoms with Gasteiger partial charge in [0, 0.05) is 46.6 Å². The average Bonchev–Trinajstić information content (AvgIpc) is 3.32. The van der Waals surface area contributed by atoms with E-state index in [9.17, 15) is 13.2 Å². The van der Waals surface area contributed by atoms with E-state index in [0.29, 0.717) is 34.4 Å². The van der Waals surface area contributed by atoms with Gasteiger partial charge in [0.05, 0.1) is 24.5 Å². The first-order valence-electron chi connectivity index (χ1n) is 11.2. The zero-order valence-corrected chi connectivity index (χ0v) is 18.2. The fourth-order valence-corrected chi connectivity index (χ4v) is 4.99. The number of hydrogen-bond donors (Lipinski definition) is 3. The molecule has 0 unspecified atom stereocenters. The van der Waals surface area contributed by atoms with Crippen molar-refractivity contribution in [3.8, 4) is 5.75 Å². The molecule has 2 aromatic heterocycles. The van der Waals surface area contributed by atoms with E-state index in [1.165, 1.54) is 6.07 Å². The Morgan fingerprint density at radius 1 is 1.09 bits per heavy atom. The molecule has 9 heteroatoms. The molecule has 2 aliphatic rings. The Morgan fingerprint density at radius 2 is 1.91 bits per heavy atom. The predicted molar refractivity (Wildman–Crippen MR) is 124 cm³/mol. The van der Waals surface area contributed by atoms with Crippen molar-refractivity contribution >= 4 is 33.1 Å². The van der Waals surface area contributed by atoms with Crippen molar-refractivity contribution in [2.24, 2.45) is 5.73 Å². The van der Waals surface area contributed by atoms with Crippen LogP contribution in [-0.2, 0) is 0 Å². The molecule has 1 aliphatic carbocycles. The van der Waals surface area contributed by atoms with E-state index >= 15 is 0 Å². The first-order chi connectivity index (χ1) is 16.4. The summed E-state index contributed by atoms with van der Waals surface area (Å²) in [6.07, 6.45) is 3.10. The van der Waals surface area contributed by atoms with E-state index in [0.717, 1.165) is 27.8 Å². The Bertz CT molecular complexity index is 1450. The summed E-state index contributed by atoms with van der Waals surface area (Å²) in [7, 11) is 0. The van der Waals surface area contributed by atoms with Gasteiger partial charge in [-0.05, 0) is 42.7 Å². The van der Waals surface area contributed by atoms with Crippen LogP contribution >= 0.6 is 0 Å². The molecule has 0 radical (unpaired) electrons. The molecule has 4 aromatic rings. The van der Waals surface area contributed by atoms with Gasteiger partial charge < -0.3 is 15.8 Å². The van der Waals surface area contributed by atoms with Crippen molar-refractivity contribution in [2.45, 2.75) is 37.7 Å². The topological polar surface area (TPSA) is 88.9 Å². The summed E-state index contributed by atoms with van der Waals surface area (Å²) >= 11 is 0. The fourth-order valence-electron chi connectivity index (χ4n) is 4.99. The number of pyridine rings is 1. The van der Waals surface area contributed by atoms with Crippen molar-refractivity contribution in [2.75, 3.05) is 11.9 Å². The molecule has 0 atom stereocenters. The maximum Gasteiger partial charge on any atom is 0.248 e. The normalized spacial score (nSPS) is 18.2. The summed E-state index contributed by atoms with van der Waals surface area (Å²) in [5, 5.41) is 11.6. The SMILES string of the molecule is NC1=C(c2ccc(F)c3[nH]ncc23)c2cc(OC3CCC(F)(F)CC3)c3ncccc3c2NC1. The molecule has 1 fully saturated rings. The van der Waals surface area contributed by atoms with Crippen LogP contribution in [0.15, 0.2) is 48.4 Å². The van der Waals surface area contributed by atoms with Gasteiger partial charge in [-0.1, -0.05) is 6.07 Å². The standard InChI is InChI=1S/C25H22F3N5O/c26-18-4-3-14(17-11-32-33-23(17)18)21-16-10-20(34-13-5-7-25(27,28)8-6-13)24-15(2-1-9-30-24)22(16)31-12-19(21)29/h1-4,9-11,13,31H,5-8,12,29H2,(H,32,33). The van der Waals surface area contributed by atoms with Gasteiger partial charge in [0.15, 0.2) is 0 Å². The Balaban J connectivity index is 1.51. The summed E-state index contributed by atoms with van der Waals surface area (Å²) < 4.78 is 48.0. The van der Waals surface area contributed by atoms with Gasteiger partial charge in [-0.25, -0.2) is 13.2 Å². The van der Waals surface area contributed by atoms with Crippen LogP contribution in [0.2, 0.25) is 0 Å². The number of hydrogen-bond acceptors (Lipinski definition) is 5. The zero-order chi connectivity index (χ0) is 23.4. The highest BCUT2D eigenvalue weighted by molar-refractivity contribution is 6.07. The molecule has 0 bridgehead atoms. The van der Waals surface area contributed by atoms with Gasteiger partial charge in [0.2, 0.25) is 5.92 Å². The Labute approximate surface area is 193 Å². The molecule has 1 saturated carbocycles. The quantitative estimate of drug-likeness (QED) is 0.380. The molecule has 34 heavy (non-hydrogen) atoms. The van der Waals surface area contributed by atoms with E-state index in [1.807, 2.05) is 18.2 Å². The fraction of sp³-hybridized carbons (Fsp3) is 0.280. The minimum atomic E-state index is -2.64. The number of nitrogens with two attached hydrogens (primary N) is 1. The van der Waals surface area contributed by atoms with Gasteiger partial charge in [-0.2, -0.15) is 5.10 Å². The molecule has 4 N–H and O–H groups in total. The summed E-state index contributed by atoms with van der Waals surface area (Å²) in [6.45, 7) is 0.404. The van der Waals surface area contributed by atoms with Gasteiger partial charge in [-0.15, -0.1) is 0 Å². The number of halogens is 3. The zero-order valence-electron chi connectivity index (χ0n) is 18.2. The van der Waals surface area contributed by atoms with Gasteiger partial charge >= 0.3 is 0 Å². The number of nitrogens with one attached hydrogen (secondary N) is 2. The molecule has 1 aliphatic heterocycles. The highest BCUT2D eigenvalue weighted by Crippen LogP contribution is 2.45. The number of H-pyrrole nitrogens is 1. The van der Waals surface area contributed by atoms with Crippen molar-refractivity contribution in [3.63, 3.8) is 0 Å². The molecule has 3 heterocycles. The number of aromatic amines is 1. The largest absolute Gasteiger partial charge is 0.488 e. The van der Waals surface area contributed by atoms with E-state index < -0.39 is 11.7 Å². The maximum absolute atomic E-state index is 14.3. The third kappa shape index (κ3) is 3.34. The molecule has 0 saturated heterocycles. The van der Waals surface area contributed by atoms with Crippen molar-refractivity contribution < 1.29 is 17.9 Å². The van der Waals surface area contributed by atoms with Gasteiger partial charge in [-0.3, -0.25) is 10.1 Å². The van der Waals surface area contributed by atoms with Crippen LogP contribution in [0.5, 0.6) is 5.75 Å². The molecule has 0 spiro atoms. The lowest BCUT2D eigenvalue weighted by Gasteiger charge is -2.30. The van der Waals surface area contributed by atoms with Gasteiger partial charge in [0.25, 0.3) is 0 Å². The molecular weight excluding hydrogens is 443 g/mol. The molecule has 2 aromatic carbocycles. The molecular formula is C25H22F3N5O. The first-order valence-corrected chi connectivity index (χ1v) is 11.2. The second kappa shape index (κ2) is 7.65. The lowest BCUT2D eigenvalue weighted by atomic mass is 9.88. The lowest BCUT2D eigenvalue weighted by Crippen LogP contribution is -2.31. The van der Waals surface area contributed by atoms with Crippen LogP contribution < -0.4 is 15.8 Å². The number of fused-ring (bicyclic) bond motifs is 4. The average molecular weight is 465 g/mol. The number of aromatic nitrogens is 3. The van der Waals surface area contributed by atoms with Crippen LogP contribution in [0.25, 0.3) is 27.4 Å². The summed E-state index contributed by atoms with van der Waals surface area (Å²) in [5.74, 6) is -2.52. The van der Waals surface area contributed by atoms with E-state index in [-0.39, 0.29) is 31.8 Å². The number of nitrogens with zero attached hydrogens (tertiary/aromatic N) is 2. The lowest BCUT2D eigenvalue weighted by molar-refractivity contribution is -0.0580. The van der Waals surface area contributed by atoms with E-state index in [1.54, 1.807) is 18.5 Å². The minimum absolute atomic E-state index is 0.193. The number of anilines is 1. The minimum Gasteiger partial charge on any atom is -0.488 e. The highest BCUT2D eigenvalue weighted by Gasteiger charge is 2.36. The second-order valence-electron chi connectivity index (χ2n) is 8.88. The van der Waals surface area contributed by atoms with Crippen LogP contribution in [0.3, 0.4) is 0 Å². The smallest absolute Gasteiger partial charge is 0.248 e. The Morgan fingerprint density at radius 3 is 2.74 bits per heavy atom. The van der Waals surface area contributed by atoms with Crippen molar-refractivity contribution in [1.29, 1.82) is 0 Å². The predicted octanol–water partition coefficient (Wildman–Crippen LogP) is 5.35. The van der Waals surface area contributed by atoms with Crippen LogP contribution in [0.1, 0.15) is 36.8 Å². The number of benzene rings is 2. The Hall–Kier alpha value is -3.75. The number of rotatable bonds is 3. The monoisotopic (exact) mass is 465 g/mol. The highest BCUT2D eigenvalue weighted by atomic mass is 19.3. The number of ether oxygens (including phenoxy) is 1. The third-order valence-electron chi connectivity index (χ3n) is 6.69. The Kier molecular flexibility index (Phi) is 4.68. The summed E-state index contributed by atoms with van der Waals surface area (Å²) in [4.78, 5) is 4.53. The maximum atomic E-state index is 14.3. The van der Waals surface area contributed by atoms with Crippen molar-refractivity contribution in [1.82, 2.24) is 15.2 Å². The van der Waals surface area contributed by atoms with Crippen LogP contribution in [0, 0.1) is 5.82 Å². The second-order valence-corrected chi connectivity index (χ2v) is 8.88. The van der Waals surface area contributed by atoms with Crippen LogP contribution in [0.4, 0.5) is 18.9 Å². The molecule has 6 rings (SSSR count). The van der Waals surface area contributed by atoms with Gasteiger partial charge in [0.1, 0.15) is 22.6 Å². The third-order valence-corrected chi connectivity index (χ3v) is 6.69. The molecule has 0 amide bonds. The molecule has 6 nitrogen and oxygen atoms in total. The number of alkyl halides is 2. The van der Waals surface area contributed by atoms with Crippen LogP contribution in [-0.4, -0.2) is 33.8 Å².